The molecular formula is C22H18BrNO3. The highest BCUT2D eigenvalue weighted by molar-refractivity contribution is 9.10. The SMILES string of the molecule is C=CCOc1ccc(C(=O)Nc2ccc(Oc3ccccc3)cc2)cc1Br. The summed E-state index contributed by atoms with van der Waals surface area (Å²) in [4.78, 5) is 12.4. The first-order chi connectivity index (χ1) is 13.2. The molecule has 0 radical (unpaired) electrons. The van der Waals surface area contributed by atoms with Gasteiger partial charge in [0, 0.05) is 11.3 Å². The fourth-order valence-electron chi connectivity index (χ4n) is 2.34. The molecule has 1 N–H and O–H groups in total. The second kappa shape index (κ2) is 9.05. The van der Waals surface area contributed by atoms with Crippen molar-refractivity contribution in [2.45, 2.75) is 0 Å². The second-order valence-electron chi connectivity index (χ2n) is 5.64. The van der Waals surface area contributed by atoms with Crippen LogP contribution in [0.25, 0.3) is 0 Å². The predicted octanol–water partition coefficient (Wildman–Crippen LogP) is 6.06. The minimum atomic E-state index is -0.206. The van der Waals surface area contributed by atoms with Crippen molar-refractivity contribution in [3.63, 3.8) is 0 Å². The molecule has 0 bridgehead atoms. The normalized spacial score (nSPS) is 10.1. The van der Waals surface area contributed by atoms with Gasteiger partial charge in [0.1, 0.15) is 23.9 Å². The first-order valence-electron chi connectivity index (χ1n) is 8.33. The standard InChI is InChI=1S/C22H18BrNO3/c1-2-14-26-21-13-8-16(15-20(21)23)22(25)24-17-9-11-19(12-10-17)27-18-6-4-3-5-7-18/h2-13,15H,1,14H2,(H,24,25). The summed E-state index contributed by atoms with van der Waals surface area (Å²) in [5.41, 5.74) is 1.21. The van der Waals surface area contributed by atoms with Gasteiger partial charge in [0.25, 0.3) is 5.91 Å². The number of hydrogen-bond donors (Lipinski definition) is 1. The third-order valence-corrected chi connectivity index (χ3v) is 4.26. The van der Waals surface area contributed by atoms with E-state index in [1.165, 1.54) is 0 Å². The van der Waals surface area contributed by atoms with E-state index in [1.54, 1.807) is 36.4 Å². The van der Waals surface area contributed by atoms with Crippen molar-refractivity contribution in [3.05, 3.63) is 95.5 Å². The van der Waals surface area contributed by atoms with Crippen molar-refractivity contribution < 1.29 is 14.3 Å². The van der Waals surface area contributed by atoms with Gasteiger partial charge in [-0.05, 0) is 70.5 Å². The monoisotopic (exact) mass is 423 g/mol. The number of halogens is 1. The molecule has 0 saturated carbocycles. The smallest absolute Gasteiger partial charge is 0.255 e. The molecule has 3 aromatic rings. The fourth-order valence-corrected chi connectivity index (χ4v) is 2.84. The lowest BCUT2D eigenvalue weighted by atomic mass is 10.2. The van der Waals surface area contributed by atoms with Gasteiger partial charge in [0.15, 0.2) is 0 Å². The van der Waals surface area contributed by atoms with Gasteiger partial charge in [-0.2, -0.15) is 0 Å². The highest BCUT2D eigenvalue weighted by Gasteiger charge is 2.10. The summed E-state index contributed by atoms with van der Waals surface area (Å²) < 4.78 is 11.9. The van der Waals surface area contributed by atoms with Crippen LogP contribution in [0.3, 0.4) is 0 Å². The Labute approximate surface area is 166 Å². The number of carbonyl (C=O) groups is 1. The molecule has 0 aliphatic carbocycles. The highest BCUT2D eigenvalue weighted by atomic mass is 79.9. The van der Waals surface area contributed by atoms with E-state index in [0.717, 1.165) is 5.75 Å². The third-order valence-electron chi connectivity index (χ3n) is 3.64. The Morgan fingerprint density at radius 3 is 2.37 bits per heavy atom. The van der Waals surface area contributed by atoms with Crippen molar-refractivity contribution in [3.8, 4) is 17.2 Å². The van der Waals surface area contributed by atoms with Crippen molar-refractivity contribution in [2.75, 3.05) is 11.9 Å². The number of amides is 1. The van der Waals surface area contributed by atoms with Crippen LogP contribution in [-0.2, 0) is 0 Å². The molecule has 0 spiro atoms. The summed E-state index contributed by atoms with van der Waals surface area (Å²) in [6.45, 7) is 4.02. The molecule has 0 atom stereocenters. The number of hydrogen-bond acceptors (Lipinski definition) is 3. The first-order valence-corrected chi connectivity index (χ1v) is 9.12. The molecule has 0 aliphatic heterocycles. The Kier molecular flexibility index (Phi) is 6.28. The molecule has 0 aromatic heterocycles. The number of carbonyl (C=O) groups excluding carboxylic acids is 1. The number of nitrogens with one attached hydrogen (secondary N) is 1. The fraction of sp³-hybridized carbons (Fsp3) is 0.0455. The van der Waals surface area contributed by atoms with Crippen LogP contribution in [-0.4, -0.2) is 12.5 Å². The van der Waals surface area contributed by atoms with E-state index in [9.17, 15) is 4.79 Å². The number of benzene rings is 3. The van der Waals surface area contributed by atoms with Gasteiger partial charge in [0.05, 0.1) is 4.47 Å². The number of anilines is 1. The minimum absolute atomic E-state index is 0.206. The predicted molar refractivity (Wildman–Crippen MR) is 111 cm³/mol. The summed E-state index contributed by atoms with van der Waals surface area (Å²) in [6, 6.07) is 21.9. The maximum Gasteiger partial charge on any atom is 0.255 e. The van der Waals surface area contributed by atoms with Crippen LogP contribution in [0.2, 0.25) is 0 Å². The third kappa shape index (κ3) is 5.21. The lowest BCUT2D eigenvalue weighted by Gasteiger charge is -2.10. The molecule has 3 rings (SSSR count). The van der Waals surface area contributed by atoms with E-state index in [2.05, 4.69) is 27.8 Å². The summed E-state index contributed by atoms with van der Waals surface area (Å²) in [5, 5.41) is 2.87. The van der Waals surface area contributed by atoms with Gasteiger partial charge in [-0.25, -0.2) is 0 Å². The van der Waals surface area contributed by atoms with E-state index in [0.29, 0.717) is 33.8 Å². The van der Waals surface area contributed by atoms with Crippen LogP contribution < -0.4 is 14.8 Å². The Morgan fingerprint density at radius 1 is 1.00 bits per heavy atom. The number of rotatable bonds is 7. The van der Waals surface area contributed by atoms with Crippen molar-refractivity contribution in [2.24, 2.45) is 0 Å². The Bertz CT molecular complexity index is 924. The summed E-state index contributed by atoms with van der Waals surface area (Å²) in [5.74, 6) is 1.92. The highest BCUT2D eigenvalue weighted by Crippen LogP contribution is 2.27. The van der Waals surface area contributed by atoms with Crippen molar-refractivity contribution >= 4 is 27.5 Å². The van der Waals surface area contributed by atoms with Crippen LogP contribution in [0.4, 0.5) is 5.69 Å². The van der Waals surface area contributed by atoms with E-state index in [4.69, 9.17) is 9.47 Å². The average Bonchev–Trinajstić information content (AvgIpc) is 2.69. The lowest BCUT2D eigenvalue weighted by Crippen LogP contribution is -2.11. The van der Waals surface area contributed by atoms with E-state index in [-0.39, 0.29) is 5.91 Å². The zero-order valence-electron chi connectivity index (χ0n) is 14.5. The molecule has 5 heteroatoms. The van der Waals surface area contributed by atoms with Crippen LogP contribution >= 0.6 is 15.9 Å². The quantitative estimate of drug-likeness (QED) is 0.469. The van der Waals surface area contributed by atoms with Crippen LogP contribution in [0.1, 0.15) is 10.4 Å². The molecule has 0 unspecified atom stereocenters. The van der Waals surface area contributed by atoms with Crippen LogP contribution in [0.15, 0.2) is 89.9 Å². The number of ether oxygens (including phenoxy) is 2. The average molecular weight is 424 g/mol. The molecule has 4 nitrogen and oxygen atoms in total. The summed E-state index contributed by atoms with van der Waals surface area (Å²) in [6.07, 6.45) is 1.66. The zero-order chi connectivity index (χ0) is 19.1. The van der Waals surface area contributed by atoms with E-state index >= 15 is 0 Å². The van der Waals surface area contributed by atoms with Gasteiger partial charge in [-0.3, -0.25) is 4.79 Å². The molecule has 0 heterocycles. The summed E-state index contributed by atoms with van der Waals surface area (Å²) >= 11 is 3.42. The topological polar surface area (TPSA) is 47.6 Å². The molecule has 0 aliphatic rings. The van der Waals surface area contributed by atoms with Gasteiger partial charge >= 0.3 is 0 Å². The van der Waals surface area contributed by atoms with E-state index in [1.807, 2.05) is 42.5 Å². The zero-order valence-corrected chi connectivity index (χ0v) is 16.1. The van der Waals surface area contributed by atoms with Crippen LogP contribution in [0.5, 0.6) is 17.2 Å². The molecule has 136 valence electrons. The van der Waals surface area contributed by atoms with Crippen LogP contribution in [0, 0.1) is 0 Å². The molecule has 3 aromatic carbocycles. The van der Waals surface area contributed by atoms with Crippen molar-refractivity contribution in [1.29, 1.82) is 0 Å². The van der Waals surface area contributed by atoms with Gasteiger partial charge in [-0.15, -0.1) is 0 Å². The van der Waals surface area contributed by atoms with Gasteiger partial charge in [-0.1, -0.05) is 30.9 Å². The molecule has 1 amide bonds. The first kappa shape index (κ1) is 18.7. The lowest BCUT2D eigenvalue weighted by molar-refractivity contribution is 0.102. The molecule has 27 heavy (non-hydrogen) atoms. The molecular weight excluding hydrogens is 406 g/mol. The van der Waals surface area contributed by atoms with Gasteiger partial charge in [0.2, 0.25) is 0 Å². The largest absolute Gasteiger partial charge is 0.488 e. The Morgan fingerprint density at radius 2 is 1.70 bits per heavy atom. The van der Waals surface area contributed by atoms with Gasteiger partial charge < -0.3 is 14.8 Å². The summed E-state index contributed by atoms with van der Waals surface area (Å²) in [7, 11) is 0. The van der Waals surface area contributed by atoms with Crippen molar-refractivity contribution in [1.82, 2.24) is 0 Å². The Hall–Kier alpha value is -3.05. The number of para-hydroxylation sites is 1. The molecule has 0 saturated heterocycles. The maximum absolute atomic E-state index is 12.4. The van der Waals surface area contributed by atoms with E-state index < -0.39 is 0 Å². The molecule has 0 fully saturated rings. The second-order valence-corrected chi connectivity index (χ2v) is 6.49. The Balaban J connectivity index is 1.63. The maximum atomic E-state index is 12.4. The minimum Gasteiger partial charge on any atom is -0.488 e.